The van der Waals surface area contributed by atoms with Gasteiger partial charge in [-0.05, 0) is 58.3 Å². The molecule has 0 atom stereocenters. The monoisotopic (exact) mass is 259 g/mol. The summed E-state index contributed by atoms with van der Waals surface area (Å²) >= 11 is 0. The smallest absolute Gasteiger partial charge is 0.224 e. The summed E-state index contributed by atoms with van der Waals surface area (Å²) < 4.78 is 0. The largest absolute Gasteiger partial charge is 0.354 e. The number of aryl methyl sites for hydroxylation is 1. The topological polar surface area (TPSA) is 64.8 Å². The maximum absolute atomic E-state index is 8.87. The van der Waals surface area contributed by atoms with E-state index in [-0.39, 0.29) is 0 Å². The normalized spacial score (nSPS) is 17.1. The van der Waals surface area contributed by atoms with Gasteiger partial charge in [-0.15, -0.1) is 0 Å². The lowest BCUT2D eigenvalue weighted by Gasteiger charge is -2.28. The molecule has 5 nitrogen and oxygen atoms in total. The average Bonchev–Trinajstić information content (AvgIpc) is 2.40. The van der Waals surface area contributed by atoms with Gasteiger partial charge in [0.15, 0.2) is 0 Å². The summed E-state index contributed by atoms with van der Waals surface area (Å²) in [5, 5.41) is 12.1. The van der Waals surface area contributed by atoms with Crippen LogP contribution in [0.2, 0.25) is 0 Å². The highest BCUT2D eigenvalue weighted by Crippen LogP contribution is 2.19. The van der Waals surface area contributed by atoms with Crippen LogP contribution < -0.4 is 5.32 Å². The minimum absolute atomic E-state index is 0.425. The van der Waals surface area contributed by atoms with Gasteiger partial charge in [0.05, 0.1) is 0 Å². The molecular formula is C14H21N5. The Balaban J connectivity index is 1.79. The quantitative estimate of drug-likeness (QED) is 0.893. The highest BCUT2D eigenvalue weighted by Gasteiger charge is 2.16. The molecule has 102 valence electrons. The second-order valence-corrected chi connectivity index (χ2v) is 5.29. The molecule has 1 aromatic heterocycles. The number of hydrogen-bond donors (Lipinski definition) is 1. The van der Waals surface area contributed by atoms with Gasteiger partial charge in [-0.3, -0.25) is 0 Å². The number of rotatable bonds is 4. The van der Waals surface area contributed by atoms with Crippen molar-refractivity contribution in [2.45, 2.75) is 26.2 Å². The molecule has 19 heavy (non-hydrogen) atoms. The number of piperidine rings is 1. The van der Waals surface area contributed by atoms with Gasteiger partial charge in [0, 0.05) is 12.2 Å². The van der Waals surface area contributed by atoms with E-state index in [9.17, 15) is 0 Å². The van der Waals surface area contributed by atoms with Gasteiger partial charge < -0.3 is 10.2 Å². The summed E-state index contributed by atoms with van der Waals surface area (Å²) in [5.41, 5.74) is 1.25. The number of anilines is 1. The Kier molecular flexibility index (Phi) is 4.69. The third-order valence-corrected chi connectivity index (χ3v) is 3.64. The SMILES string of the molecule is Cc1cc(C#N)nc(NCCC2CCN(C)CC2)n1. The average molecular weight is 259 g/mol. The number of aromatic nitrogens is 2. The number of nitrogens with one attached hydrogen (secondary N) is 1. The Hall–Kier alpha value is -1.67. The van der Waals surface area contributed by atoms with Gasteiger partial charge in [-0.2, -0.15) is 5.26 Å². The molecule has 0 radical (unpaired) electrons. The van der Waals surface area contributed by atoms with Crippen molar-refractivity contribution in [2.75, 3.05) is 32.0 Å². The number of hydrogen-bond acceptors (Lipinski definition) is 5. The van der Waals surface area contributed by atoms with Crippen LogP contribution in [0.15, 0.2) is 6.07 Å². The van der Waals surface area contributed by atoms with Crippen LogP contribution in [0.3, 0.4) is 0 Å². The Bertz CT molecular complexity index is 457. The van der Waals surface area contributed by atoms with Crippen molar-refractivity contribution < 1.29 is 0 Å². The first kappa shape index (κ1) is 13.8. The molecule has 0 aliphatic carbocycles. The van der Waals surface area contributed by atoms with Crippen molar-refractivity contribution in [3.05, 3.63) is 17.5 Å². The van der Waals surface area contributed by atoms with E-state index in [1.165, 1.54) is 25.9 Å². The molecule has 2 rings (SSSR count). The van der Waals surface area contributed by atoms with Crippen molar-refractivity contribution in [1.29, 1.82) is 5.26 Å². The molecule has 2 heterocycles. The molecule has 1 aliphatic heterocycles. The molecule has 0 aromatic carbocycles. The van der Waals surface area contributed by atoms with Crippen molar-refractivity contribution in [1.82, 2.24) is 14.9 Å². The van der Waals surface area contributed by atoms with E-state index in [0.717, 1.165) is 24.6 Å². The van der Waals surface area contributed by atoms with Gasteiger partial charge in [0.2, 0.25) is 5.95 Å². The zero-order valence-electron chi connectivity index (χ0n) is 11.7. The van der Waals surface area contributed by atoms with E-state index in [4.69, 9.17) is 5.26 Å². The molecule has 0 amide bonds. The van der Waals surface area contributed by atoms with E-state index in [0.29, 0.717) is 11.6 Å². The van der Waals surface area contributed by atoms with Crippen LogP contribution in [0.4, 0.5) is 5.95 Å². The van der Waals surface area contributed by atoms with Crippen molar-refractivity contribution in [2.24, 2.45) is 5.92 Å². The van der Waals surface area contributed by atoms with Gasteiger partial charge in [0.1, 0.15) is 11.8 Å². The van der Waals surface area contributed by atoms with E-state index in [1.54, 1.807) is 6.07 Å². The maximum atomic E-state index is 8.87. The number of nitriles is 1. The van der Waals surface area contributed by atoms with Crippen LogP contribution in [-0.4, -0.2) is 41.5 Å². The van der Waals surface area contributed by atoms with Crippen LogP contribution in [0.5, 0.6) is 0 Å². The summed E-state index contributed by atoms with van der Waals surface area (Å²) in [6.07, 6.45) is 3.69. The third-order valence-electron chi connectivity index (χ3n) is 3.64. The number of nitrogens with zero attached hydrogens (tertiary/aromatic N) is 4. The fourth-order valence-electron chi connectivity index (χ4n) is 2.44. The fourth-order valence-corrected chi connectivity index (χ4v) is 2.44. The van der Waals surface area contributed by atoms with Gasteiger partial charge in [-0.1, -0.05) is 0 Å². The van der Waals surface area contributed by atoms with Crippen LogP contribution in [0.25, 0.3) is 0 Å². The molecule has 1 N–H and O–H groups in total. The second-order valence-electron chi connectivity index (χ2n) is 5.29. The predicted octanol–water partition coefficient (Wildman–Crippen LogP) is 1.80. The number of likely N-dealkylation sites (tertiary alicyclic amines) is 1. The van der Waals surface area contributed by atoms with Gasteiger partial charge >= 0.3 is 0 Å². The second kappa shape index (κ2) is 6.48. The van der Waals surface area contributed by atoms with Gasteiger partial charge in [0.25, 0.3) is 0 Å². The highest BCUT2D eigenvalue weighted by atomic mass is 15.1. The van der Waals surface area contributed by atoms with E-state index in [2.05, 4.69) is 33.3 Å². The lowest BCUT2D eigenvalue weighted by Crippen LogP contribution is -2.30. The molecule has 5 heteroatoms. The Morgan fingerprint density at radius 2 is 2.16 bits per heavy atom. The van der Waals surface area contributed by atoms with Crippen LogP contribution >= 0.6 is 0 Å². The minimum atomic E-state index is 0.425. The molecule has 0 unspecified atom stereocenters. The first-order chi connectivity index (χ1) is 9.17. The summed E-state index contributed by atoms with van der Waals surface area (Å²) in [4.78, 5) is 10.8. The summed E-state index contributed by atoms with van der Waals surface area (Å²) in [5.74, 6) is 1.37. The van der Waals surface area contributed by atoms with Crippen LogP contribution in [0, 0.1) is 24.2 Å². The Labute approximate surface area is 114 Å². The summed E-state index contributed by atoms with van der Waals surface area (Å²) in [6.45, 7) is 5.15. The van der Waals surface area contributed by atoms with E-state index < -0.39 is 0 Å². The van der Waals surface area contributed by atoms with Gasteiger partial charge in [-0.25, -0.2) is 9.97 Å². The minimum Gasteiger partial charge on any atom is -0.354 e. The highest BCUT2D eigenvalue weighted by molar-refractivity contribution is 5.32. The Morgan fingerprint density at radius 3 is 2.84 bits per heavy atom. The molecule has 1 aliphatic rings. The lowest BCUT2D eigenvalue weighted by molar-refractivity contribution is 0.215. The molecule has 0 spiro atoms. The Morgan fingerprint density at radius 1 is 1.42 bits per heavy atom. The zero-order valence-corrected chi connectivity index (χ0v) is 11.7. The standard InChI is InChI=1S/C14H21N5/c1-11-9-13(10-15)18-14(17-11)16-6-3-12-4-7-19(2)8-5-12/h9,12H,3-8H2,1-2H3,(H,16,17,18). The van der Waals surface area contributed by atoms with Crippen molar-refractivity contribution in [3.63, 3.8) is 0 Å². The van der Waals surface area contributed by atoms with Crippen LogP contribution in [0.1, 0.15) is 30.7 Å². The molecular weight excluding hydrogens is 238 g/mol. The maximum Gasteiger partial charge on any atom is 0.224 e. The lowest BCUT2D eigenvalue weighted by atomic mass is 9.94. The first-order valence-electron chi connectivity index (χ1n) is 6.85. The van der Waals surface area contributed by atoms with Crippen LogP contribution in [-0.2, 0) is 0 Å². The summed E-state index contributed by atoms with van der Waals surface area (Å²) in [6, 6.07) is 3.75. The van der Waals surface area contributed by atoms with E-state index >= 15 is 0 Å². The van der Waals surface area contributed by atoms with Crippen molar-refractivity contribution in [3.8, 4) is 6.07 Å². The van der Waals surface area contributed by atoms with Crippen molar-refractivity contribution >= 4 is 5.95 Å². The zero-order chi connectivity index (χ0) is 13.7. The first-order valence-corrected chi connectivity index (χ1v) is 6.85. The molecule has 1 saturated heterocycles. The fraction of sp³-hybridized carbons (Fsp3) is 0.643. The predicted molar refractivity (Wildman–Crippen MR) is 74.8 cm³/mol. The third kappa shape index (κ3) is 4.18. The molecule has 1 fully saturated rings. The molecule has 0 bridgehead atoms. The summed E-state index contributed by atoms with van der Waals surface area (Å²) in [7, 11) is 2.18. The molecule has 1 aromatic rings. The molecule has 0 saturated carbocycles. The van der Waals surface area contributed by atoms with E-state index in [1.807, 2.05) is 6.92 Å².